The number of aliphatic carboxylic acids is 1. The van der Waals surface area contributed by atoms with Crippen molar-refractivity contribution in [1.29, 1.82) is 0 Å². The number of carboxylic acid groups (broad SMARTS) is 1. The molecule has 3 N–H and O–H groups in total. The zero-order chi connectivity index (χ0) is 28.1. The van der Waals surface area contributed by atoms with Crippen LogP contribution in [0.15, 0.2) is 42.5 Å². The van der Waals surface area contributed by atoms with E-state index in [1.54, 1.807) is 26.4 Å². The molecule has 2 amide bonds. The zero-order valence-corrected chi connectivity index (χ0v) is 22.0. The predicted molar refractivity (Wildman–Crippen MR) is 137 cm³/mol. The van der Waals surface area contributed by atoms with Gasteiger partial charge in [0.2, 0.25) is 0 Å². The molecule has 0 bridgehead atoms. The Labute approximate surface area is 224 Å². The number of halogens is 4. The third kappa shape index (κ3) is 6.82. The van der Waals surface area contributed by atoms with Crippen LogP contribution in [0.25, 0.3) is 0 Å². The summed E-state index contributed by atoms with van der Waals surface area (Å²) in [5, 5.41) is 13.8. The zero-order valence-electron chi connectivity index (χ0n) is 21.3. The largest absolute Gasteiger partial charge is 0.493 e. The van der Waals surface area contributed by atoms with Gasteiger partial charge in [-0.15, -0.1) is 0 Å². The van der Waals surface area contributed by atoms with Crippen LogP contribution in [0.1, 0.15) is 31.2 Å². The van der Waals surface area contributed by atoms with Crippen molar-refractivity contribution in [3.63, 3.8) is 0 Å². The van der Waals surface area contributed by atoms with Crippen LogP contribution in [0.2, 0.25) is 5.02 Å². The predicted octanol–water partition coefficient (Wildman–Crippen LogP) is 5.31. The number of hydrogen-bond donors (Lipinski definition) is 3. The average Bonchev–Trinajstić information content (AvgIpc) is 3.20. The van der Waals surface area contributed by atoms with Crippen molar-refractivity contribution in [3.05, 3.63) is 53.1 Å². The lowest BCUT2D eigenvalue weighted by Crippen LogP contribution is -2.52. The van der Waals surface area contributed by atoms with Crippen LogP contribution in [-0.4, -0.2) is 68.1 Å². The first-order chi connectivity index (χ1) is 17.9. The number of hydrogen-bond acceptors (Lipinski definition) is 5. The molecule has 0 spiro atoms. The molecule has 3 atom stereocenters. The Kier molecular flexibility index (Phi) is 9.37. The van der Waals surface area contributed by atoms with Crippen molar-refractivity contribution < 1.29 is 37.3 Å². The summed E-state index contributed by atoms with van der Waals surface area (Å²) in [6.45, 7) is 1.04. The van der Waals surface area contributed by atoms with E-state index in [0.717, 1.165) is 43.7 Å². The fourth-order valence-corrected chi connectivity index (χ4v) is 5.50. The maximum atomic E-state index is 12.6. The molecule has 1 aliphatic carbocycles. The quantitative estimate of drug-likeness (QED) is 0.461. The number of methoxy groups -OCH3 is 2. The molecule has 2 aromatic carbocycles. The number of nitrogens with one attached hydrogen (secondary N) is 2. The third-order valence-electron chi connectivity index (χ3n) is 7.15. The molecule has 38 heavy (non-hydrogen) atoms. The molecular weight excluding hydrogens is 527 g/mol. The minimum atomic E-state index is -5.08. The Hall–Kier alpha value is -3.18. The molecule has 208 valence electrons. The molecule has 2 aliphatic rings. The number of likely N-dealkylation sites (tertiary alicyclic amines) is 1. The standard InChI is InChI=1S/C24H30ClN3O3.C2HF3O2/c1-28-12-11-24(16-7-8-20(30-2)21(13-16)31-3)10-9-19(15-22(24)28)27-23(29)26-18-6-4-5-17(25)14-18;3-2(4,5)1(6)7/h4-8,13-14,19,22H,9-12,15H2,1-3H3,(H2,26,27,29);(H,6,7). The Morgan fingerprint density at radius 3 is 2.39 bits per heavy atom. The summed E-state index contributed by atoms with van der Waals surface area (Å²) >= 11 is 6.02. The van der Waals surface area contributed by atoms with E-state index < -0.39 is 12.1 Å². The van der Waals surface area contributed by atoms with Gasteiger partial charge in [-0.05, 0) is 75.2 Å². The summed E-state index contributed by atoms with van der Waals surface area (Å²) in [4.78, 5) is 23.9. The molecule has 2 fully saturated rings. The number of likely N-dealkylation sites (N-methyl/N-ethyl adjacent to an activating group) is 1. The van der Waals surface area contributed by atoms with Gasteiger partial charge in [0.15, 0.2) is 11.5 Å². The number of rotatable bonds is 5. The Morgan fingerprint density at radius 2 is 1.79 bits per heavy atom. The van der Waals surface area contributed by atoms with Crippen LogP contribution in [0.5, 0.6) is 11.5 Å². The van der Waals surface area contributed by atoms with Crippen LogP contribution >= 0.6 is 11.6 Å². The van der Waals surface area contributed by atoms with Gasteiger partial charge in [-0.3, -0.25) is 0 Å². The number of amides is 2. The lowest BCUT2D eigenvalue weighted by molar-refractivity contribution is -0.192. The van der Waals surface area contributed by atoms with Gasteiger partial charge in [-0.2, -0.15) is 13.2 Å². The SMILES string of the molecule is COc1ccc(C23CCC(NC(=O)Nc4cccc(Cl)c4)CC2N(C)CC3)cc1OC.O=C(O)C(F)(F)F. The monoisotopic (exact) mass is 557 g/mol. The van der Waals surface area contributed by atoms with Crippen LogP contribution in [0.4, 0.5) is 23.7 Å². The molecule has 12 heteroatoms. The van der Waals surface area contributed by atoms with Gasteiger partial charge in [-0.25, -0.2) is 9.59 Å². The van der Waals surface area contributed by atoms with Crippen molar-refractivity contribution in [2.24, 2.45) is 0 Å². The highest BCUT2D eigenvalue weighted by atomic mass is 35.5. The summed E-state index contributed by atoms with van der Waals surface area (Å²) < 4.78 is 42.7. The number of anilines is 1. The minimum Gasteiger partial charge on any atom is -0.493 e. The highest BCUT2D eigenvalue weighted by Gasteiger charge is 2.50. The Balaban J connectivity index is 0.000000505. The van der Waals surface area contributed by atoms with E-state index in [2.05, 4.69) is 34.7 Å². The van der Waals surface area contributed by atoms with Crippen molar-refractivity contribution in [2.45, 2.75) is 49.4 Å². The van der Waals surface area contributed by atoms with Gasteiger partial charge >= 0.3 is 18.2 Å². The van der Waals surface area contributed by atoms with Gasteiger partial charge in [-0.1, -0.05) is 23.7 Å². The summed E-state index contributed by atoms with van der Waals surface area (Å²) in [5.74, 6) is -1.24. The van der Waals surface area contributed by atoms with Crippen molar-refractivity contribution in [2.75, 3.05) is 33.1 Å². The molecular formula is C26H31ClF3N3O5. The van der Waals surface area contributed by atoms with E-state index in [9.17, 15) is 18.0 Å². The first-order valence-electron chi connectivity index (χ1n) is 12.0. The number of carbonyl (C=O) groups excluding carboxylic acids is 1. The van der Waals surface area contributed by atoms with E-state index in [0.29, 0.717) is 16.8 Å². The van der Waals surface area contributed by atoms with Gasteiger partial charge in [0.1, 0.15) is 0 Å². The molecule has 1 saturated carbocycles. The molecule has 4 rings (SSSR count). The normalized spacial score (nSPS) is 22.9. The Morgan fingerprint density at radius 1 is 1.11 bits per heavy atom. The molecule has 1 saturated heterocycles. The number of benzene rings is 2. The third-order valence-corrected chi connectivity index (χ3v) is 7.38. The fourth-order valence-electron chi connectivity index (χ4n) is 5.31. The van der Waals surface area contributed by atoms with E-state index in [1.807, 2.05) is 18.2 Å². The second kappa shape index (κ2) is 12.1. The van der Waals surface area contributed by atoms with E-state index in [1.165, 1.54) is 5.56 Å². The summed E-state index contributed by atoms with van der Waals surface area (Å²) in [6.07, 6.45) is -1.12. The summed E-state index contributed by atoms with van der Waals surface area (Å²) in [7, 11) is 5.52. The molecule has 8 nitrogen and oxygen atoms in total. The van der Waals surface area contributed by atoms with E-state index >= 15 is 0 Å². The van der Waals surface area contributed by atoms with Crippen LogP contribution in [0.3, 0.4) is 0 Å². The highest BCUT2D eigenvalue weighted by Crippen LogP contribution is 2.49. The molecule has 1 heterocycles. The first-order valence-corrected chi connectivity index (χ1v) is 12.3. The lowest BCUT2D eigenvalue weighted by Gasteiger charge is -2.45. The number of alkyl halides is 3. The lowest BCUT2D eigenvalue weighted by atomic mass is 9.65. The topological polar surface area (TPSA) is 100 Å². The van der Waals surface area contributed by atoms with Crippen molar-refractivity contribution in [1.82, 2.24) is 10.2 Å². The van der Waals surface area contributed by atoms with Gasteiger partial charge in [0.05, 0.1) is 14.2 Å². The molecule has 3 unspecified atom stereocenters. The second-order valence-electron chi connectivity index (χ2n) is 9.36. The smallest absolute Gasteiger partial charge is 0.490 e. The van der Waals surface area contributed by atoms with Crippen molar-refractivity contribution >= 4 is 29.3 Å². The number of urea groups is 1. The number of fused-ring (bicyclic) bond motifs is 1. The summed E-state index contributed by atoms with van der Waals surface area (Å²) in [6, 6.07) is 13.8. The van der Waals surface area contributed by atoms with Crippen LogP contribution < -0.4 is 20.1 Å². The van der Waals surface area contributed by atoms with E-state index in [-0.39, 0.29) is 17.5 Å². The maximum Gasteiger partial charge on any atom is 0.490 e. The second-order valence-corrected chi connectivity index (χ2v) is 9.79. The van der Waals surface area contributed by atoms with Gasteiger partial charge in [0, 0.05) is 28.2 Å². The number of carbonyl (C=O) groups is 2. The summed E-state index contributed by atoms with van der Waals surface area (Å²) in [5.41, 5.74) is 2.05. The molecule has 0 aromatic heterocycles. The first kappa shape index (κ1) is 29.4. The van der Waals surface area contributed by atoms with Gasteiger partial charge in [0.25, 0.3) is 0 Å². The molecule has 2 aromatic rings. The van der Waals surface area contributed by atoms with Gasteiger partial charge < -0.3 is 30.1 Å². The number of ether oxygens (including phenoxy) is 2. The molecule has 0 radical (unpaired) electrons. The van der Waals surface area contributed by atoms with Crippen LogP contribution in [0, 0.1) is 0 Å². The highest BCUT2D eigenvalue weighted by molar-refractivity contribution is 6.30. The average molecular weight is 558 g/mol. The molecule has 1 aliphatic heterocycles. The number of nitrogens with zero attached hydrogens (tertiary/aromatic N) is 1. The van der Waals surface area contributed by atoms with Crippen LogP contribution in [-0.2, 0) is 10.2 Å². The fraction of sp³-hybridized carbons (Fsp3) is 0.462. The van der Waals surface area contributed by atoms with E-state index in [4.69, 9.17) is 31.0 Å². The number of carboxylic acids is 1. The van der Waals surface area contributed by atoms with Crippen molar-refractivity contribution in [3.8, 4) is 11.5 Å². The maximum absolute atomic E-state index is 12.6. The Bertz CT molecular complexity index is 1150. The minimum absolute atomic E-state index is 0.0654.